The summed E-state index contributed by atoms with van der Waals surface area (Å²) in [5.74, 6) is 0.762. The van der Waals surface area contributed by atoms with Crippen molar-refractivity contribution in [1.82, 2.24) is 5.32 Å². The zero-order valence-corrected chi connectivity index (χ0v) is 12.3. The van der Waals surface area contributed by atoms with Crippen LogP contribution in [0.1, 0.15) is 31.7 Å². The SMILES string of the molecule is CCOC(=O)[C@@H]1C2CC[C@H](C2)[C@@H]1NCc1ccc(F)cc1. The van der Waals surface area contributed by atoms with Gasteiger partial charge in [0.2, 0.25) is 0 Å². The number of hydrogen-bond donors (Lipinski definition) is 1. The molecule has 1 aromatic rings. The maximum absolute atomic E-state index is 12.9. The van der Waals surface area contributed by atoms with Crippen LogP contribution in [0, 0.1) is 23.6 Å². The average molecular weight is 291 g/mol. The Balaban J connectivity index is 1.65. The van der Waals surface area contributed by atoms with E-state index in [0.29, 0.717) is 25.0 Å². The van der Waals surface area contributed by atoms with Crippen LogP contribution < -0.4 is 5.32 Å². The molecule has 0 spiro atoms. The van der Waals surface area contributed by atoms with Crippen molar-refractivity contribution in [3.05, 3.63) is 35.6 Å². The van der Waals surface area contributed by atoms with Crippen molar-refractivity contribution >= 4 is 5.97 Å². The van der Waals surface area contributed by atoms with Gasteiger partial charge in [-0.25, -0.2) is 4.39 Å². The van der Waals surface area contributed by atoms with Gasteiger partial charge in [-0.05, 0) is 55.7 Å². The van der Waals surface area contributed by atoms with Crippen molar-refractivity contribution < 1.29 is 13.9 Å². The fourth-order valence-corrected chi connectivity index (χ4v) is 4.00. The lowest BCUT2D eigenvalue weighted by atomic mass is 9.84. The van der Waals surface area contributed by atoms with Gasteiger partial charge < -0.3 is 10.1 Å². The Morgan fingerprint density at radius 1 is 1.29 bits per heavy atom. The van der Waals surface area contributed by atoms with Gasteiger partial charge in [-0.3, -0.25) is 4.79 Å². The van der Waals surface area contributed by atoms with Crippen LogP contribution in [0.25, 0.3) is 0 Å². The number of esters is 1. The number of ether oxygens (including phenoxy) is 1. The maximum Gasteiger partial charge on any atom is 0.310 e. The Morgan fingerprint density at radius 2 is 2.00 bits per heavy atom. The molecule has 114 valence electrons. The quantitative estimate of drug-likeness (QED) is 0.848. The number of carbonyl (C=O) groups excluding carboxylic acids is 1. The summed E-state index contributed by atoms with van der Waals surface area (Å²) in [6.07, 6.45) is 3.47. The summed E-state index contributed by atoms with van der Waals surface area (Å²) in [5.41, 5.74) is 1.04. The molecule has 0 heterocycles. The van der Waals surface area contributed by atoms with Gasteiger partial charge >= 0.3 is 5.97 Å². The lowest BCUT2D eigenvalue weighted by molar-refractivity contribution is -0.150. The molecule has 1 N–H and O–H groups in total. The zero-order valence-electron chi connectivity index (χ0n) is 12.3. The molecule has 2 aliphatic carbocycles. The lowest BCUT2D eigenvalue weighted by Crippen LogP contribution is -2.44. The van der Waals surface area contributed by atoms with Gasteiger partial charge in [-0.2, -0.15) is 0 Å². The minimum Gasteiger partial charge on any atom is -0.466 e. The van der Waals surface area contributed by atoms with E-state index >= 15 is 0 Å². The molecule has 0 saturated heterocycles. The summed E-state index contributed by atoms with van der Waals surface area (Å²) in [5, 5.41) is 3.51. The molecule has 4 atom stereocenters. The van der Waals surface area contributed by atoms with E-state index in [1.54, 1.807) is 12.1 Å². The number of rotatable bonds is 5. The third-order valence-electron chi connectivity index (χ3n) is 4.93. The molecule has 21 heavy (non-hydrogen) atoms. The molecular weight excluding hydrogens is 269 g/mol. The minimum atomic E-state index is -0.219. The van der Waals surface area contributed by atoms with E-state index < -0.39 is 0 Å². The van der Waals surface area contributed by atoms with Crippen LogP contribution in [0.4, 0.5) is 4.39 Å². The molecule has 1 aromatic carbocycles. The minimum absolute atomic E-state index is 0.0100. The van der Waals surface area contributed by atoms with Gasteiger partial charge in [-0.1, -0.05) is 12.1 Å². The highest BCUT2D eigenvalue weighted by atomic mass is 19.1. The smallest absolute Gasteiger partial charge is 0.310 e. The van der Waals surface area contributed by atoms with E-state index in [4.69, 9.17) is 4.74 Å². The molecule has 0 radical (unpaired) electrons. The third-order valence-corrected chi connectivity index (χ3v) is 4.93. The fraction of sp³-hybridized carbons (Fsp3) is 0.588. The van der Waals surface area contributed by atoms with Gasteiger partial charge in [0.1, 0.15) is 5.82 Å². The molecular formula is C17H22FNO2. The van der Waals surface area contributed by atoms with Gasteiger partial charge in [-0.15, -0.1) is 0 Å². The Labute approximate surface area is 124 Å². The van der Waals surface area contributed by atoms with Crippen LogP contribution in [0.3, 0.4) is 0 Å². The first-order valence-corrected chi connectivity index (χ1v) is 7.83. The van der Waals surface area contributed by atoms with Gasteiger partial charge in [0.15, 0.2) is 0 Å². The van der Waals surface area contributed by atoms with Gasteiger partial charge in [0.25, 0.3) is 0 Å². The van der Waals surface area contributed by atoms with Crippen molar-refractivity contribution in [2.24, 2.45) is 17.8 Å². The number of benzene rings is 1. The highest BCUT2D eigenvalue weighted by molar-refractivity contribution is 5.74. The summed E-state index contributed by atoms with van der Waals surface area (Å²) in [4.78, 5) is 12.2. The molecule has 2 bridgehead atoms. The van der Waals surface area contributed by atoms with E-state index in [1.165, 1.54) is 18.6 Å². The van der Waals surface area contributed by atoms with Crippen LogP contribution in [0.2, 0.25) is 0 Å². The molecule has 1 unspecified atom stereocenters. The van der Waals surface area contributed by atoms with Crippen molar-refractivity contribution in [1.29, 1.82) is 0 Å². The normalized spacial score (nSPS) is 30.6. The van der Waals surface area contributed by atoms with Crippen molar-refractivity contribution in [2.45, 2.75) is 38.8 Å². The summed E-state index contributed by atoms with van der Waals surface area (Å²) >= 11 is 0. The van der Waals surface area contributed by atoms with E-state index in [-0.39, 0.29) is 23.7 Å². The Morgan fingerprint density at radius 3 is 2.71 bits per heavy atom. The molecule has 3 rings (SSSR count). The van der Waals surface area contributed by atoms with Gasteiger partial charge in [0, 0.05) is 12.6 Å². The molecule has 3 nitrogen and oxygen atoms in total. The maximum atomic E-state index is 12.9. The average Bonchev–Trinajstić information content (AvgIpc) is 3.07. The summed E-state index contributed by atoms with van der Waals surface area (Å²) in [7, 11) is 0. The standard InChI is InChI=1S/C17H22FNO2/c1-2-21-17(20)15-12-5-6-13(9-12)16(15)19-10-11-3-7-14(18)8-4-11/h3-4,7-8,12-13,15-16,19H,2,5-6,9-10H2,1H3/t12?,13-,15-,16+/m1/s1. The molecule has 2 fully saturated rings. The molecule has 0 aromatic heterocycles. The Hall–Kier alpha value is -1.42. The van der Waals surface area contributed by atoms with Crippen LogP contribution in [-0.4, -0.2) is 18.6 Å². The zero-order chi connectivity index (χ0) is 14.8. The van der Waals surface area contributed by atoms with Gasteiger partial charge in [0.05, 0.1) is 12.5 Å². The van der Waals surface area contributed by atoms with E-state index in [1.807, 2.05) is 6.92 Å². The van der Waals surface area contributed by atoms with Crippen LogP contribution in [0.15, 0.2) is 24.3 Å². The number of fused-ring (bicyclic) bond motifs is 2. The van der Waals surface area contributed by atoms with Crippen molar-refractivity contribution in [3.63, 3.8) is 0 Å². The first-order chi connectivity index (χ1) is 10.2. The molecule has 0 amide bonds. The largest absolute Gasteiger partial charge is 0.466 e. The number of nitrogens with one attached hydrogen (secondary N) is 1. The molecule has 0 aliphatic heterocycles. The van der Waals surface area contributed by atoms with E-state index in [9.17, 15) is 9.18 Å². The number of hydrogen-bond acceptors (Lipinski definition) is 3. The van der Waals surface area contributed by atoms with Crippen molar-refractivity contribution in [2.75, 3.05) is 6.61 Å². The topological polar surface area (TPSA) is 38.3 Å². The second kappa shape index (κ2) is 6.14. The van der Waals surface area contributed by atoms with E-state index in [2.05, 4.69) is 5.32 Å². The number of carbonyl (C=O) groups is 1. The van der Waals surface area contributed by atoms with Crippen molar-refractivity contribution in [3.8, 4) is 0 Å². The summed E-state index contributed by atoms with van der Waals surface area (Å²) in [6.45, 7) is 2.97. The number of halogens is 1. The summed E-state index contributed by atoms with van der Waals surface area (Å²) in [6, 6.07) is 6.72. The first-order valence-electron chi connectivity index (χ1n) is 7.83. The molecule has 2 aliphatic rings. The highest BCUT2D eigenvalue weighted by Gasteiger charge is 2.51. The predicted molar refractivity (Wildman–Crippen MR) is 78.0 cm³/mol. The second-order valence-electron chi connectivity index (χ2n) is 6.14. The fourth-order valence-electron chi connectivity index (χ4n) is 4.00. The first kappa shape index (κ1) is 14.5. The Bertz CT molecular complexity index is 502. The molecule has 2 saturated carbocycles. The predicted octanol–water partition coefficient (Wildman–Crippen LogP) is 2.89. The van der Waals surface area contributed by atoms with E-state index in [0.717, 1.165) is 18.4 Å². The monoisotopic (exact) mass is 291 g/mol. The summed E-state index contributed by atoms with van der Waals surface area (Å²) < 4.78 is 18.2. The highest BCUT2D eigenvalue weighted by Crippen LogP contribution is 2.49. The van der Waals surface area contributed by atoms with Crippen LogP contribution in [0.5, 0.6) is 0 Å². The molecule has 4 heteroatoms. The second-order valence-corrected chi connectivity index (χ2v) is 6.14. The lowest BCUT2D eigenvalue weighted by Gasteiger charge is -2.30. The third kappa shape index (κ3) is 2.95. The Kier molecular flexibility index (Phi) is 4.24. The van der Waals surface area contributed by atoms with Crippen LogP contribution in [-0.2, 0) is 16.1 Å². The van der Waals surface area contributed by atoms with Crippen LogP contribution >= 0.6 is 0 Å².